The number of hydrogen-bond acceptors (Lipinski definition) is 1. The normalized spacial score (nSPS) is 11.4. The first-order chi connectivity index (χ1) is 25.7. The number of benzene rings is 8. The zero-order valence-corrected chi connectivity index (χ0v) is 28.2. The fourth-order valence-electron chi connectivity index (χ4n) is 7.86. The van der Waals surface area contributed by atoms with E-state index in [1.54, 1.807) is 0 Å². The zero-order valence-electron chi connectivity index (χ0n) is 28.2. The van der Waals surface area contributed by atoms with Crippen LogP contribution in [-0.2, 0) is 0 Å². The molecule has 0 N–H and O–H groups in total. The molecule has 0 fully saturated rings. The molecular weight excluding hydrogens is 631 g/mol. The maximum absolute atomic E-state index is 9.26. The Kier molecular flexibility index (Phi) is 6.87. The second-order valence-corrected chi connectivity index (χ2v) is 13.3. The van der Waals surface area contributed by atoms with Gasteiger partial charge in [0, 0.05) is 32.9 Å². The van der Waals surface area contributed by atoms with Crippen molar-refractivity contribution in [2.75, 3.05) is 0 Å². The molecule has 0 amide bonds. The topological polar surface area (TPSA) is 33.6 Å². The first kappa shape index (κ1) is 29.7. The Bertz CT molecular complexity index is 2990. The first-order valence-electron chi connectivity index (χ1n) is 17.6. The van der Waals surface area contributed by atoms with Gasteiger partial charge in [-0.3, -0.25) is 0 Å². The number of nitriles is 1. The fraction of sp³-hybridized carbons (Fsp3) is 0. The van der Waals surface area contributed by atoms with Crippen molar-refractivity contribution >= 4 is 43.6 Å². The molecule has 8 aromatic carbocycles. The van der Waals surface area contributed by atoms with Crippen LogP contribution in [0.1, 0.15) is 5.56 Å². The molecule has 0 saturated carbocycles. The average Bonchev–Trinajstić information content (AvgIpc) is 3.73. The number of para-hydroxylation sites is 3. The quantitative estimate of drug-likeness (QED) is 0.181. The summed E-state index contributed by atoms with van der Waals surface area (Å²) in [6, 6.07) is 69.2. The van der Waals surface area contributed by atoms with Gasteiger partial charge in [0.1, 0.15) is 0 Å². The highest BCUT2D eigenvalue weighted by molar-refractivity contribution is 6.11. The SMILES string of the molecule is N#Cc1ccc(-c2cccc(-n3c4ccccc4c4cc(-c5ccc(-c6ccc7c(c6)c6ccccc6n7-c6ccccc6)cc5)ccc43)c2)cc1. The summed E-state index contributed by atoms with van der Waals surface area (Å²) >= 11 is 0. The molecule has 0 aliphatic heterocycles. The lowest BCUT2D eigenvalue weighted by Gasteiger charge is -2.11. The van der Waals surface area contributed by atoms with Crippen molar-refractivity contribution in [3.05, 3.63) is 194 Å². The molecule has 0 saturated heterocycles. The summed E-state index contributed by atoms with van der Waals surface area (Å²) in [6.45, 7) is 0. The van der Waals surface area contributed by atoms with Crippen molar-refractivity contribution in [1.82, 2.24) is 9.13 Å². The van der Waals surface area contributed by atoms with Gasteiger partial charge in [-0.25, -0.2) is 0 Å². The molecule has 0 radical (unpaired) electrons. The molecule has 2 heterocycles. The van der Waals surface area contributed by atoms with Gasteiger partial charge in [-0.2, -0.15) is 5.26 Å². The largest absolute Gasteiger partial charge is 0.309 e. The molecule has 10 aromatic rings. The van der Waals surface area contributed by atoms with E-state index in [4.69, 9.17) is 0 Å². The first-order valence-corrected chi connectivity index (χ1v) is 17.6. The van der Waals surface area contributed by atoms with Crippen molar-refractivity contribution in [1.29, 1.82) is 5.26 Å². The molecule has 3 nitrogen and oxygen atoms in total. The number of fused-ring (bicyclic) bond motifs is 6. The van der Waals surface area contributed by atoms with Crippen molar-refractivity contribution in [2.24, 2.45) is 0 Å². The summed E-state index contributed by atoms with van der Waals surface area (Å²) in [5, 5.41) is 14.2. The summed E-state index contributed by atoms with van der Waals surface area (Å²) in [6.07, 6.45) is 0. The molecule has 242 valence electrons. The Hall–Kier alpha value is -7.15. The lowest BCUT2D eigenvalue weighted by molar-refractivity contribution is 1.18. The van der Waals surface area contributed by atoms with Gasteiger partial charge in [-0.05, 0) is 106 Å². The van der Waals surface area contributed by atoms with Crippen molar-refractivity contribution in [3.63, 3.8) is 0 Å². The van der Waals surface area contributed by atoms with Gasteiger partial charge in [0.2, 0.25) is 0 Å². The third kappa shape index (κ3) is 4.81. The predicted octanol–water partition coefficient (Wildman–Crippen LogP) is 12.8. The predicted molar refractivity (Wildman–Crippen MR) is 216 cm³/mol. The Morgan fingerprint density at radius 1 is 0.308 bits per heavy atom. The van der Waals surface area contributed by atoms with Crippen LogP contribution in [0.4, 0.5) is 0 Å². The monoisotopic (exact) mass is 661 g/mol. The molecule has 0 unspecified atom stereocenters. The Morgan fingerprint density at radius 2 is 0.731 bits per heavy atom. The van der Waals surface area contributed by atoms with Crippen LogP contribution in [0, 0.1) is 11.3 Å². The van der Waals surface area contributed by atoms with Crippen LogP contribution in [0.5, 0.6) is 0 Å². The van der Waals surface area contributed by atoms with Crippen LogP contribution in [-0.4, -0.2) is 9.13 Å². The van der Waals surface area contributed by atoms with E-state index in [0.717, 1.165) is 16.8 Å². The lowest BCUT2D eigenvalue weighted by Crippen LogP contribution is -1.94. The Labute approximate surface area is 301 Å². The summed E-state index contributed by atoms with van der Waals surface area (Å²) in [4.78, 5) is 0. The van der Waals surface area contributed by atoms with Crippen LogP contribution in [0.2, 0.25) is 0 Å². The smallest absolute Gasteiger partial charge is 0.0991 e. The van der Waals surface area contributed by atoms with E-state index in [0.29, 0.717) is 5.56 Å². The fourth-order valence-corrected chi connectivity index (χ4v) is 7.86. The number of rotatable bonds is 5. The average molecular weight is 662 g/mol. The van der Waals surface area contributed by atoms with Gasteiger partial charge in [0.25, 0.3) is 0 Å². The summed E-state index contributed by atoms with van der Waals surface area (Å²) in [5.74, 6) is 0. The van der Waals surface area contributed by atoms with E-state index in [1.807, 2.05) is 24.3 Å². The van der Waals surface area contributed by atoms with E-state index < -0.39 is 0 Å². The highest BCUT2D eigenvalue weighted by atomic mass is 15.0. The minimum Gasteiger partial charge on any atom is -0.309 e. The van der Waals surface area contributed by atoms with Gasteiger partial charge in [0.15, 0.2) is 0 Å². The molecule has 0 bridgehead atoms. The molecule has 10 rings (SSSR count). The maximum Gasteiger partial charge on any atom is 0.0991 e. The maximum atomic E-state index is 9.26. The molecule has 3 heteroatoms. The van der Waals surface area contributed by atoms with Crippen molar-refractivity contribution in [3.8, 4) is 50.8 Å². The minimum absolute atomic E-state index is 0.665. The molecule has 2 aromatic heterocycles. The number of nitrogens with zero attached hydrogens (tertiary/aromatic N) is 3. The molecule has 0 aliphatic rings. The Morgan fingerprint density at radius 3 is 1.29 bits per heavy atom. The summed E-state index contributed by atoms with van der Waals surface area (Å²) < 4.78 is 4.71. The molecular formula is C49H31N3. The second kappa shape index (κ2) is 12.0. The van der Waals surface area contributed by atoms with Crippen LogP contribution in [0.3, 0.4) is 0 Å². The third-order valence-electron chi connectivity index (χ3n) is 10.4. The van der Waals surface area contributed by atoms with Crippen LogP contribution < -0.4 is 0 Å². The summed E-state index contributed by atoms with van der Waals surface area (Å²) in [5.41, 5.74) is 14.7. The number of hydrogen-bond donors (Lipinski definition) is 0. The Balaban J connectivity index is 1.03. The third-order valence-corrected chi connectivity index (χ3v) is 10.4. The zero-order chi connectivity index (χ0) is 34.6. The highest BCUT2D eigenvalue weighted by Gasteiger charge is 2.15. The van der Waals surface area contributed by atoms with E-state index in [-0.39, 0.29) is 0 Å². The molecule has 52 heavy (non-hydrogen) atoms. The van der Waals surface area contributed by atoms with Crippen LogP contribution >= 0.6 is 0 Å². The van der Waals surface area contributed by atoms with Crippen molar-refractivity contribution in [2.45, 2.75) is 0 Å². The summed E-state index contributed by atoms with van der Waals surface area (Å²) in [7, 11) is 0. The second-order valence-electron chi connectivity index (χ2n) is 13.3. The highest BCUT2D eigenvalue weighted by Crippen LogP contribution is 2.38. The van der Waals surface area contributed by atoms with E-state index in [9.17, 15) is 5.26 Å². The standard InChI is InChI=1S/C49H31N3/c50-32-33-17-19-34(20-18-33)37-9-8-12-41(29-37)52-47-16-7-5-14-43(47)45-31-39(26-28-49(45)52)36-23-21-35(22-24-36)38-25-27-48-44(30-38)42-13-4-6-15-46(42)51(48)40-10-2-1-3-11-40/h1-31H. The van der Waals surface area contributed by atoms with Crippen molar-refractivity contribution < 1.29 is 0 Å². The van der Waals surface area contributed by atoms with Gasteiger partial charge in [-0.15, -0.1) is 0 Å². The van der Waals surface area contributed by atoms with Crippen LogP contribution in [0.15, 0.2) is 188 Å². The molecule has 0 spiro atoms. The van der Waals surface area contributed by atoms with Gasteiger partial charge in [0.05, 0.1) is 33.7 Å². The van der Waals surface area contributed by atoms with Gasteiger partial charge < -0.3 is 9.13 Å². The van der Waals surface area contributed by atoms with E-state index >= 15 is 0 Å². The van der Waals surface area contributed by atoms with Gasteiger partial charge in [-0.1, -0.05) is 115 Å². The molecule has 0 aliphatic carbocycles. The number of aromatic nitrogens is 2. The van der Waals surface area contributed by atoms with E-state index in [2.05, 4.69) is 179 Å². The molecule has 0 atom stereocenters. The minimum atomic E-state index is 0.665. The van der Waals surface area contributed by atoms with Crippen LogP contribution in [0.25, 0.3) is 88.4 Å². The van der Waals surface area contributed by atoms with E-state index in [1.165, 1.54) is 71.6 Å². The van der Waals surface area contributed by atoms with Gasteiger partial charge >= 0.3 is 0 Å². The lowest BCUT2D eigenvalue weighted by atomic mass is 9.98.